The molecule has 0 aliphatic carbocycles. The first kappa shape index (κ1) is 13.3. The molecular weight excluding hydrogens is 280 g/mol. The molecule has 0 saturated carbocycles. The van der Waals surface area contributed by atoms with E-state index in [0.29, 0.717) is 30.3 Å². The van der Waals surface area contributed by atoms with Crippen molar-refractivity contribution in [1.82, 2.24) is 29.3 Å². The highest BCUT2D eigenvalue weighted by atomic mass is 32.2. The van der Waals surface area contributed by atoms with Crippen LogP contribution in [0, 0.1) is 20.8 Å². The average Bonchev–Trinajstić information content (AvgIpc) is 2.93. The number of sulfonamides is 1. The van der Waals surface area contributed by atoms with Crippen LogP contribution in [-0.2, 0) is 23.1 Å². The monoisotopic (exact) mass is 296 g/mol. The lowest BCUT2D eigenvalue weighted by atomic mass is 10.4. The fourth-order valence-electron chi connectivity index (χ4n) is 2.54. The number of nitrogens with zero attached hydrogens (tertiary/aromatic N) is 5. The molecule has 0 saturated heterocycles. The Morgan fingerprint density at radius 3 is 2.55 bits per heavy atom. The molecule has 0 radical (unpaired) electrons. The van der Waals surface area contributed by atoms with E-state index >= 15 is 0 Å². The van der Waals surface area contributed by atoms with E-state index in [9.17, 15) is 8.42 Å². The summed E-state index contributed by atoms with van der Waals surface area (Å²) in [6, 6.07) is 0. The van der Waals surface area contributed by atoms with Crippen molar-refractivity contribution >= 4 is 10.0 Å². The van der Waals surface area contributed by atoms with Gasteiger partial charge in [-0.15, -0.1) is 10.2 Å². The summed E-state index contributed by atoms with van der Waals surface area (Å²) in [4.78, 5) is 0.266. The summed E-state index contributed by atoms with van der Waals surface area (Å²) in [6.07, 6.45) is 0. The van der Waals surface area contributed by atoms with Gasteiger partial charge in [0.25, 0.3) is 0 Å². The molecule has 0 unspecified atom stereocenters. The second kappa shape index (κ2) is 4.38. The molecule has 2 aromatic rings. The minimum atomic E-state index is -3.56. The SMILES string of the molecule is Cc1n[nH]c(C)c1S(=O)(=O)N1CCn2c(C)nnc2C1. The van der Waals surface area contributed by atoms with E-state index in [1.807, 2.05) is 11.5 Å². The number of hydrogen-bond acceptors (Lipinski definition) is 5. The number of aromatic nitrogens is 5. The molecule has 9 heteroatoms. The van der Waals surface area contributed by atoms with Gasteiger partial charge in [0.15, 0.2) is 0 Å². The molecule has 0 amide bonds. The highest BCUT2D eigenvalue weighted by Gasteiger charge is 2.33. The maximum atomic E-state index is 12.7. The molecule has 0 aromatic carbocycles. The predicted octanol–water partition coefficient (Wildman–Crippen LogP) is 0.131. The van der Waals surface area contributed by atoms with Gasteiger partial charge in [-0.3, -0.25) is 5.10 Å². The van der Waals surface area contributed by atoms with Crippen molar-refractivity contribution in [3.8, 4) is 0 Å². The Bertz CT molecular complexity index is 740. The maximum absolute atomic E-state index is 12.7. The Morgan fingerprint density at radius 2 is 1.90 bits per heavy atom. The van der Waals surface area contributed by atoms with E-state index in [0.717, 1.165) is 5.82 Å². The van der Waals surface area contributed by atoms with Gasteiger partial charge in [0.1, 0.15) is 16.5 Å². The normalized spacial score (nSPS) is 16.4. The number of aryl methyl sites for hydroxylation is 3. The second-order valence-corrected chi connectivity index (χ2v) is 6.79. The van der Waals surface area contributed by atoms with Crippen LogP contribution in [0.2, 0.25) is 0 Å². The van der Waals surface area contributed by atoms with E-state index in [-0.39, 0.29) is 11.4 Å². The Balaban J connectivity index is 1.99. The van der Waals surface area contributed by atoms with E-state index in [1.54, 1.807) is 13.8 Å². The van der Waals surface area contributed by atoms with Crippen molar-refractivity contribution in [1.29, 1.82) is 0 Å². The molecule has 1 N–H and O–H groups in total. The fourth-order valence-corrected chi connectivity index (χ4v) is 4.25. The molecule has 3 rings (SSSR count). The van der Waals surface area contributed by atoms with E-state index in [4.69, 9.17) is 0 Å². The summed E-state index contributed by atoms with van der Waals surface area (Å²) in [5.74, 6) is 1.49. The standard InChI is InChI=1S/C11H16N6O2S/c1-7-11(8(2)13-12-7)20(18,19)16-4-5-17-9(3)14-15-10(17)6-16/h4-6H2,1-3H3,(H,12,13). The highest BCUT2D eigenvalue weighted by molar-refractivity contribution is 7.89. The number of rotatable bonds is 2. The van der Waals surface area contributed by atoms with Crippen LogP contribution in [0.25, 0.3) is 0 Å². The van der Waals surface area contributed by atoms with Gasteiger partial charge in [-0.2, -0.15) is 9.40 Å². The summed E-state index contributed by atoms with van der Waals surface area (Å²) in [7, 11) is -3.56. The number of nitrogens with one attached hydrogen (secondary N) is 1. The number of fused-ring (bicyclic) bond motifs is 1. The van der Waals surface area contributed by atoms with Crippen molar-refractivity contribution in [2.45, 2.75) is 38.8 Å². The molecule has 0 atom stereocenters. The molecule has 0 spiro atoms. The first-order chi connectivity index (χ1) is 9.41. The van der Waals surface area contributed by atoms with Gasteiger partial charge in [-0.1, -0.05) is 0 Å². The van der Waals surface area contributed by atoms with Crippen molar-refractivity contribution in [3.63, 3.8) is 0 Å². The van der Waals surface area contributed by atoms with E-state index in [1.165, 1.54) is 4.31 Å². The van der Waals surface area contributed by atoms with Crippen molar-refractivity contribution < 1.29 is 8.42 Å². The van der Waals surface area contributed by atoms with Crippen LogP contribution in [0.3, 0.4) is 0 Å². The van der Waals surface area contributed by atoms with Gasteiger partial charge in [-0.05, 0) is 20.8 Å². The molecule has 108 valence electrons. The molecule has 2 aromatic heterocycles. The minimum Gasteiger partial charge on any atom is -0.313 e. The first-order valence-electron chi connectivity index (χ1n) is 6.31. The summed E-state index contributed by atoms with van der Waals surface area (Å²) < 4.78 is 28.8. The summed E-state index contributed by atoms with van der Waals surface area (Å²) >= 11 is 0. The second-order valence-electron chi connectivity index (χ2n) is 4.92. The van der Waals surface area contributed by atoms with Crippen LogP contribution < -0.4 is 0 Å². The fraction of sp³-hybridized carbons (Fsp3) is 0.545. The Morgan fingerprint density at radius 1 is 1.15 bits per heavy atom. The lowest BCUT2D eigenvalue weighted by Crippen LogP contribution is -2.39. The number of aromatic amines is 1. The third-order valence-corrected chi connectivity index (χ3v) is 5.67. The van der Waals surface area contributed by atoms with Crippen LogP contribution in [0.4, 0.5) is 0 Å². The van der Waals surface area contributed by atoms with Crippen LogP contribution in [-0.4, -0.2) is 44.2 Å². The molecule has 20 heavy (non-hydrogen) atoms. The van der Waals surface area contributed by atoms with Gasteiger partial charge < -0.3 is 4.57 Å². The third-order valence-electron chi connectivity index (χ3n) is 3.56. The molecule has 3 heterocycles. The van der Waals surface area contributed by atoms with Gasteiger partial charge in [0.05, 0.1) is 17.9 Å². The maximum Gasteiger partial charge on any atom is 0.247 e. The zero-order valence-electron chi connectivity index (χ0n) is 11.6. The van der Waals surface area contributed by atoms with Crippen LogP contribution in [0.5, 0.6) is 0 Å². The third kappa shape index (κ3) is 1.85. The van der Waals surface area contributed by atoms with Crippen molar-refractivity contribution in [2.24, 2.45) is 0 Å². The number of hydrogen-bond donors (Lipinski definition) is 1. The van der Waals surface area contributed by atoms with Crippen LogP contribution >= 0.6 is 0 Å². The van der Waals surface area contributed by atoms with Crippen molar-refractivity contribution in [2.75, 3.05) is 6.54 Å². The largest absolute Gasteiger partial charge is 0.313 e. The van der Waals surface area contributed by atoms with Crippen molar-refractivity contribution in [3.05, 3.63) is 23.0 Å². The lowest BCUT2D eigenvalue weighted by molar-refractivity contribution is 0.333. The molecule has 0 fully saturated rings. The van der Waals surface area contributed by atoms with Crippen LogP contribution in [0.15, 0.2) is 4.90 Å². The summed E-state index contributed by atoms with van der Waals surface area (Å²) in [5, 5.41) is 14.7. The minimum absolute atomic E-state index is 0.243. The van der Waals surface area contributed by atoms with Gasteiger partial charge in [0.2, 0.25) is 10.0 Å². The topological polar surface area (TPSA) is 96.8 Å². The molecule has 8 nitrogen and oxygen atoms in total. The lowest BCUT2D eigenvalue weighted by Gasteiger charge is -2.26. The predicted molar refractivity (Wildman–Crippen MR) is 70.4 cm³/mol. The van der Waals surface area contributed by atoms with Gasteiger partial charge >= 0.3 is 0 Å². The Kier molecular flexibility index (Phi) is 2.91. The molecule has 1 aliphatic rings. The zero-order valence-corrected chi connectivity index (χ0v) is 12.4. The molecular formula is C11H16N6O2S. The quantitative estimate of drug-likeness (QED) is 0.849. The number of H-pyrrole nitrogens is 1. The first-order valence-corrected chi connectivity index (χ1v) is 7.75. The van der Waals surface area contributed by atoms with E-state index in [2.05, 4.69) is 20.4 Å². The zero-order chi connectivity index (χ0) is 14.5. The Labute approximate surface area is 116 Å². The van der Waals surface area contributed by atoms with E-state index < -0.39 is 10.0 Å². The molecule has 0 bridgehead atoms. The Hall–Kier alpha value is -1.74. The van der Waals surface area contributed by atoms with Crippen LogP contribution in [0.1, 0.15) is 23.0 Å². The smallest absolute Gasteiger partial charge is 0.247 e. The van der Waals surface area contributed by atoms with Gasteiger partial charge in [0, 0.05) is 13.1 Å². The highest BCUT2D eigenvalue weighted by Crippen LogP contribution is 2.25. The average molecular weight is 296 g/mol. The van der Waals surface area contributed by atoms with Gasteiger partial charge in [-0.25, -0.2) is 8.42 Å². The summed E-state index contributed by atoms with van der Waals surface area (Å²) in [6.45, 7) is 6.50. The molecule has 1 aliphatic heterocycles. The summed E-state index contributed by atoms with van der Waals surface area (Å²) in [5.41, 5.74) is 1.05.